The molecule has 0 rings (SSSR count). The Morgan fingerprint density at radius 2 is 1.14 bits per heavy atom. The van der Waals surface area contributed by atoms with Crippen LogP contribution in [-0.2, 0) is 39.6 Å². The Labute approximate surface area is 77.6 Å². The van der Waals surface area contributed by atoms with Crippen LogP contribution < -0.4 is 0 Å². The van der Waals surface area contributed by atoms with Crippen molar-refractivity contribution >= 4 is 8.58 Å². The Hall–Kier alpha value is 1.70. The average molecular weight is 330 g/mol. The van der Waals surface area contributed by atoms with Gasteiger partial charge >= 0.3 is 18.6 Å². The minimum Gasteiger partial charge on any atom is -0.358 e. The van der Waals surface area contributed by atoms with Crippen LogP contribution >= 0.6 is 8.58 Å². The summed E-state index contributed by atoms with van der Waals surface area (Å²) < 4.78 is 0. The topological polar surface area (TPSA) is 0 Å². The Morgan fingerprint density at radius 3 is 1.14 bits per heavy atom. The van der Waals surface area contributed by atoms with Crippen LogP contribution in [0.15, 0.2) is 0 Å². The molecule has 0 saturated carbocycles. The van der Waals surface area contributed by atoms with Gasteiger partial charge in [-0.05, 0) is 13.3 Å². The van der Waals surface area contributed by atoms with Gasteiger partial charge in [-0.25, -0.2) is 0 Å². The second-order valence-electron chi connectivity index (χ2n) is 0.500. The molecule has 0 atom stereocenters. The Bertz CT molecular complexity index is 16.0. The van der Waals surface area contributed by atoms with Crippen molar-refractivity contribution in [2.75, 3.05) is 13.3 Å². The first-order valence-corrected chi connectivity index (χ1v) is 3.00. The fourth-order valence-electron chi connectivity index (χ4n) is 0. The van der Waals surface area contributed by atoms with Gasteiger partial charge in [0.1, 0.15) is 0 Å². The Morgan fingerprint density at radius 1 is 1.14 bits per heavy atom. The van der Waals surface area contributed by atoms with E-state index in [9.17, 15) is 0 Å². The van der Waals surface area contributed by atoms with E-state index in [2.05, 4.69) is 13.3 Å². The van der Waals surface area contributed by atoms with Crippen molar-refractivity contribution in [2.24, 2.45) is 0 Å². The fraction of sp³-hybridized carbons (Fsp3) is 0.500. The SMILES string of the molecule is CPC.[2HH].[CH3-].[CH3-].[V+2].[W]. The van der Waals surface area contributed by atoms with Crippen LogP contribution in [0.3, 0.4) is 0 Å². The van der Waals surface area contributed by atoms with E-state index in [1.54, 1.807) is 0 Å². The van der Waals surface area contributed by atoms with Crippen LogP contribution in [0.4, 0.5) is 0 Å². The van der Waals surface area contributed by atoms with Crippen molar-refractivity contribution in [1.29, 1.82) is 0 Å². The maximum Gasteiger partial charge on any atom is 2.00 e. The molecule has 7 heavy (non-hydrogen) atoms. The van der Waals surface area contributed by atoms with Crippen molar-refractivity contribution in [3.63, 3.8) is 0 Å². The first-order valence-electron chi connectivity index (χ1n) is 1.00. The molecule has 3 heteroatoms. The maximum absolute atomic E-state index is 2.15. The molecule has 0 spiro atoms. The van der Waals surface area contributed by atoms with E-state index in [4.69, 9.17) is 0 Å². The Kier molecular flexibility index (Phi) is 255. The monoisotopic (exact) mass is 330 g/mol. The summed E-state index contributed by atoms with van der Waals surface area (Å²) >= 11 is 0. The zero-order valence-corrected chi connectivity index (χ0v) is 10.7. The molecular weight excluding hydrogens is 314 g/mol. The quantitative estimate of drug-likeness (QED) is 0.471. The standard InChI is InChI=1S/C2H7P.2CH3.V.W.H2/c1-3-2;;;;;/h3H,1-2H3;2*1H3;;;1H/q;2*-1;+2;;/i;;;;;1+1. The smallest absolute Gasteiger partial charge is 0.358 e. The molecule has 0 amide bonds. The van der Waals surface area contributed by atoms with Crippen LogP contribution in [0.2, 0.25) is 0 Å². The predicted molar refractivity (Wildman–Crippen MR) is 35.1 cm³/mol. The van der Waals surface area contributed by atoms with Gasteiger partial charge in [0.2, 0.25) is 0 Å². The number of rotatable bonds is 0. The second-order valence-corrected chi connectivity index (χ2v) is 1.50. The maximum atomic E-state index is 2.15. The van der Waals surface area contributed by atoms with Gasteiger partial charge in [-0.2, -0.15) is 0 Å². The van der Waals surface area contributed by atoms with E-state index < -0.39 is 0 Å². The molecule has 0 bridgehead atoms. The van der Waals surface area contributed by atoms with Crippen molar-refractivity contribution in [1.82, 2.24) is 0 Å². The van der Waals surface area contributed by atoms with Crippen molar-refractivity contribution in [2.45, 2.75) is 0 Å². The molecular formula is C4H15PVW. The summed E-state index contributed by atoms with van der Waals surface area (Å²) in [5.41, 5.74) is 0. The third-order valence-electron chi connectivity index (χ3n) is 0. The molecule has 0 aromatic carbocycles. The summed E-state index contributed by atoms with van der Waals surface area (Å²) in [5.74, 6) is 0. The number of hydrogen-bond donors (Lipinski definition) is 0. The van der Waals surface area contributed by atoms with Gasteiger partial charge < -0.3 is 14.9 Å². The van der Waals surface area contributed by atoms with Gasteiger partial charge in [-0.3, -0.25) is 0 Å². The molecule has 0 aliphatic heterocycles. The van der Waals surface area contributed by atoms with Gasteiger partial charge in [0, 0.05) is 22.5 Å². The van der Waals surface area contributed by atoms with Gasteiger partial charge in [-0.1, -0.05) is 0 Å². The fourth-order valence-corrected chi connectivity index (χ4v) is 0. The minimum atomic E-state index is 0. The summed E-state index contributed by atoms with van der Waals surface area (Å²) in [6, 6.07) is 0. The molecule has 0 aromatic rings. The Balaban J connectivity index is -0.00000000200. The summed E-state index contributed by atoms with van der Waals surface area (Å²) in [5, 5.41) is 0. The van der Waals surface area contributed by atoms with Gasteiger partial charge in [0.05, 0.1) is 0 Å². The molecule has 1 radical (unpaired) electrons. The first kappa shape index (κ1) is 37.7. The minimum absolute atomic E-state index is 0. The van der Waals surface area contributed by atoms with E-state index in [0.29, 0.717) is 0 Å². The predicted octanol–water partition coefficient (Wildman–Crippen LogP) is 2.07. The van der Waals surface area contributed by atoms with Crippen LogP contribution in [-0.4, -0.2) is 13.3 Å². The van der Waals surface area contributed by atoms with Gasteiger partial charge in [0.25, 0.3) is 0 Å². The summed E-state index contributed by atoms with van der Waals surface area (Å²) in [6.45, 7) is 4.31. The van der Waals surface area contributed by atoms with Crippen molar-refractivity contribution in [3.05, 3.63) is 14.9 Å². The molecule has 0 N–H and O–H groups in total. The molecule has 0 aliphatic carbocycles. The van der Waals surface area contributed by atoms with Crippen LogP contribution in [0.1, 0.15) is 1.43 Å². The van der Waals surface area contributed by atoms with Gasteiger partial charge in [0.15, 0.2) is 0 Å². The average Bonchev–Trinajstić information content (AvgIpc) is 0.918. The normalized spacial score (nSPS) is 2.57. The van der Waals surface area contributed by atoms with Crippen LogP contribution in [0.25, 0.3) is 0 Å². The summed E-state index contributed by atoms with van der Waals surface area (Å²) in [4.78, 5) is 0. The van der Waals surface area contributed by atoms with Gasteiger partial charge in [-0.15, -0.1) is 8.58 Å². The van der Waals surface area contributed by atoms with E-state index >= 15 is 0 Å². The third kappa shape index (κ3) is 86.4. The largest absolute Gasteiger partial charge is 2.00 e. The van der Waals surface area contributed by atoms with E-state index in [0.717, 1.165) is 8.58 Å². The molecule has 0 unspecified atom stereocenters. The molecule has 0 aromatic heterocycles. The summed E-state index contributed by atoms with van der Waals surface area (Å²) in [6.07, 6.45) is 0. The first-order chi connectivity index (χ1) is 1.41. The molecule has 0 heterocycles. The van der Waals surface area contributed by atoms with E-state index in [-0.39, 0.29) is 55.9 Å². The second kappa shape index (κ2) is 47.4. The molecule has 47 valence electrons. The molecule has 0 aliphatic rings. The zero-order valence-electron chi connectivity index (χ0n) is 5.36. The molecule has 0 nitrogen and oxygen atoms in total. The van der Waals surface area contributed by atoms with E-state index in [1.807, 2.05) is 0 Å². The van der Waals surface area contributed by atoms with E-state index in [1.165, 1.54) is 0 Å². The van der Waals surface area contributed by atoms with Crippen molar-refractivity contribution in [3.8, 4) is 0 Å². The molecule has 0 fully saturated rings. The number of hydrogen-bond acceptors (Lipinski definition) is 0. The third-order valence-corrected chi connectivity index (χ3v) is 0. The van der Waals surface area contributed by atoms with Crippen molar-refractivity contribution < 1.29 is 41.0 Å². The zero-order chi connectivity index (χ0) is 2.71. The van der Waals surface area contributed by atoms with Crippen LogP contribution in [0.5, 0.6) is 0 Å². The molecule has 0 saturated heterocycles. The van der Waals surface area contributed by atoms with Crippen LogP contribution in [0, 0.1) is 14.9 Å². The summed E-state index contributed by atoms with van der Waals surface area (Å²) in [7, 11) is 1.08.